The molecule has 0 heterocycles. The molecule has 2 aromatic rings. The van der Waals surface area contributed by atoms with Crippen LogP contribution in [0.4, 0.5) is 10.5 Å². The summed E-state index contributed by atoms with van der Waals surface area (Å²) in [6.07, 6.45) is 4.26. The summed E-state index contributed by atoms with van der Waals surface area (Å²) in [6.45, 7) is 6.91. The van der Waals surface area contributed by atoms with E-state index in [0.717, 1.165) is 24.2 Å². The lowest BCUT2D eigenvalue weighted by molar-refractivity contribution is -0.137. The van der Waals surface area contributed by atoms with Crippen molar-refractivity contribution in [1.29, 1.82) is 0 Å². The molecule has 10 nitrogen and oxygen atoms in total. The number of esters is 1. The van der Waals surface area contributed by atoms with E-state index in [1.807, 2.05) is 6.07 Å². The minimum atomic E-state index is -4.37. The van der Waals surface area contributed by atoms with Crippen molar-refractivity contribution in [3.63, 3.8) is 0 Å². The lowest BCUT2D eigenvalue weighted by Crippen LogP contribution is -2.39. The fourth-order valence-electron chi connectivity index (χ4n) is 5.15. The van der Waals surface area contributed by atoms with E-state index in [0.29, 0.717) is 37.7 Å². The van der Waals surface area contributed by atoms with Gasteiger partial charge in [0, 0.05) is 24.6 Å². The van der Waals surface area contributed by atoms with Crippen molar-refractivity contribution < 1.29 is 35.9 Å². The molecule has 0 unspecified atom stereocenters. The summed E-state index contributed by atoms with van der Waals surface area (Å²) in [6, 6.07) is 7.55. The van der Waals surface area contributed by atoms with Crippen LogP contribution in [0.3, 0.4) is 0 Å². The average molecular weight is 676 g/mol. The first kappa shape index (κ1) is 34.7. The first-order valence-corrected chi connectivity index (χ1v) is 17.8. The number of amides is 1. The van der Waals surface area contributed by atoms with Crippen molar-refractivity contribution in [2.45, 2.75) is 58.1 Å². The number of carbonyl (C=O) groups excluding carboxylic acids is 2. The fourth-order valence-corrected chi connectivity index (χ4v) is 8.45. The number of nitrogens with zero attached hydrogens (tertiary/aromatic N) is 2. The van der Waals surface area contributed by atoms with E-state index in [-0.39, 0.29) is 23.8 Å². The molecule has 0 bridgehead atoms. The van der Waals surface area contributed by atoms with E-state index in [9.17, 15) is 26.4 Å². The van der Waals surface area contributed by atoms with Gasteiger partial charge in [0.2, 0.25) is 20.0 Å². The van der Waals surface area contributed by atoms with Crippen molar-refractivity contribution >= 4 is 67.1 Å². The molecule has 0 saturated carbocycles. The first-order valence-electron chi connectivity index (χ1n) is 13.4. The van der Waals surface area contributed by atoms with Crippen LogP contribution in [-0.4, -0.2) is 65.6 Å². The molecule has 0 spiro atoms. The quantitative estimate of drug-likeness (QED) is 0.242. The molecule has 2 atom stereocenters. The van der Waals surface area contributed by atoms with Gasteiger partial charge in [0.05, 0.1) is 40.9 Å². The van der Waals surface area contributed by atoms with E-state index >= 15 is 0 Å². The molecule has 0 fully saturated rings. The Balaban J connectivity index is 2.43. The van der Waals surface area contributed by atoms with E-state index in [2.05, 4.69) is 0 Å². The molecule has 236 valence electrons. The van der Waals surface area contributed by atoms with Crippen LogP contribution in [0.15, 0.2) is 36.4 Å². The third-order valence-electron chi connectivity index (χ3n) is 6.70. The van der Waals surface area contributed by atoms with Gasteiger partial charge in [0.1, 0.15) is 5.60 Å². The summed E-state index contributed by atoms with van der Waals surface area (Å²) in [7, 11) is -7.19. The van der Waals surface area contributed by atoms with E-state index in [4.69, 9.17) is 32.7 Å². The zero-order chi connectivity index (χ0) is 32.5. The van der Waals surface area contributed by atoms with Gasteiger partial charge in [-0.2, -0.15) is 3.71 Å². The molecule has 43 heavy (non-hydrogen) atoms. The number of carbonyl (C=O) groups is 2. The third kappa shape index (κ3) is 8.23. The second-order valence-corrected chi connectivity index (χ2v) is 15.9. The predicted molar refractivity (Wildman–Crippen MR) is 169 cm³/mol. The van der Waals surface area contributed by atoms with E-state index < -0.39 is 43.8 Å². The minimum absolute atomic E-state index is 0.0884. The SMILES string of the molecule is CCOC(=O)/C=C/c1c(N(S(C)(=O)=O)S(C)(=O)=O)ccc2c1[C@@H](N(C)C(=O)OC(C)(C)C)CC[C@H]2c1ccc(Cl)c(Cl)c1. The smallest absolute Gasteiger partial charge is 0.410 e. The molecule has 0 aromatic heterocycles. The topological polar surface area (TPSA) is 127 Å². The fraction of sp³-hybridized carbons (Fsp3) is 0.448. The number of anilines is 1. The average Bonchev–Trinajstić information content (AvgIpc) is 2.86. The summed E-state index contributed by atoms with van der Waals surface area (Å²) in [4.78, 5) is 27.1. The Kier molecular flexibility index (Phi) is 10.5. The first-order chi connectivity index (χ1) is 19.8. The second kappa shape index (κ2) is 13.1. The monoisotopic (exact) mass is 674 g/mol. The summed E-state index contributed by atoms with van der Waals surface area (Å²) >= 11 is 12.5. The number of rotatable bonds is 8. The van der Waals surface area contributed by atoms with Gasteiger partial charge in [-0.15, -0.1) is 0 Å². The van der Waals surface area contributed by atoms with Gasteiger partial charge in [0.25, 0.3) is 0 Å². The Morgan fingerprint density at radius 1 is 1.00 bits per heavy atom. The molecular weight excluding hydrogens is 639 g/mol. The molecule has 1 aliphatic carbocycles. The van der Waals surface area contributed by atoms with Gasteiger partial charge in [-0.25, -0.2) is 26.4 Å². The van der Waals surface area contributed by atoms with Crippen LogP contribution >= 0.6 is 23.2 Å². The highest BCUT2D eigenvalue weighted by Gasteiger charge is 2.39. The van der Waals surface area contributed by atoms with Gasteiger partial charge >= 0.3 is 12.1 Å². The molecule has 0 aliphatic heterocycles. The Morgan fingerprint density at radius 3 is 2.16 bits per heavy atom. The number of sulfonamides is 2. The van der Waals surface area contributed by atoms with Crippen molar-refractivity contribution in [2.75, 3.05) is 29.9 Å². The number of benzene rings is 2. The van der Waals surface area contributed by atoms with Gasteiger partial charge in [-0.05, 0) is 81.5 Å². The van der Waals surface area contributed by atoms with Gasteiger partial charge in [-0.1, -0.05) is 35.3 Å². The third-order valence-corrected chi connectivity index (χ3v) is 10.7. The Labute approximate surface area is 263 Å². The Hall–Kier alpha value is -2.80. The summed E-state index contributed by atoms with van der Waals surface area (Å²) in [5.74, 6) is -1.01. The van der Waals surface area contributed by atoms with E-state index in [1.165, 1.54) is 17.0 Å². The maximum atomic E-state index is 13.3. The van der Waals surface area contributed by atoms with Gasteiger partial charge < -0.3 is 14.4 Å². The van der Waals surface area contributed by atoms with Gasteiger partial charge in [-0.3, -0.25) is 0 Å². The number of halogens is 2. The van der Waals surface area contributed by atoms with E-state index in [1.54, 1.807) is 52.9 Å². The normalized spacial score (nSPS) is 17.3. The zero-order valence-electron chi connectivity index (χ0n) is 25.1. The molecule has 1 amide bonds. The number of hydrogen-bond donors (Lipinski definition) is 0. The largest absolute Gasteiger partial charge is 0.463 e. The van der Waals surface area contributed by atoms with Crippen molar-refractivity contribution in [3.05, 3.63) is 68.7 Å². The van der Waals surface area contributed by atoms with Crippen LogP contribution in [-0.2, 0) is 34.3 Å². The Bertz CT molecular complexity index is 1620. The minimum Gasteiger partial charge on any atom is -0.463 e. The van der Waals surface area contributed by atoms with Crippen LogP contribution in [0.5, 0.6) is 0 Å². The molecule has 0 N–H and O–H groups in total. The molecule has 14 heteroatoms. The van der Waals surface area contributed by atoms with Gasteiger partial charge in [0.15, 0.2) is 0 Å². The highest BCUT2D eigenvalue weighted by molar-refractivity contribution is 8.09. The lowest BCUT2D eigenvalue weighted by Gasteiger charge is -2.39. The Morgan fingerprint density at radius 2 is 1.63 bits per heavy atom. The highest BCUT2D eigenvalue weighted by atomic mass is 35.5. The number of ether oxygens (including phenoxy) is 2. The molecule has 2 aromatic carbocycles. The second-order valence-electron chi connectivity index (χ2n) is 11.2. The maximum absolute atomic E-state index is 13.3. The molecule has 0 saturated heterocycles. The maximum Gasteiger partial charge on any atom is 0.410 e. The number of hydrogen-bond acceptors (Lipinski definition) is 8. The standard InChI is InChI=1S/C29H36Cl2N2O8S2/c1-8-40-26(34)16-12-21-24(33(42(6,36)37)43(7,38)39)14-11-20-19(18-9-13-22(30)23(31)17-18)10-15-25(27(20)21)32(5)28(35)41-29(2,3)4/h9,11-14,16-17,19,25H,8,10,15H2,1-7H3/b16-12+/t19-,25-/m0/s1. The summed E-state index contributed by atoms with van der Waals surface area (Å²) in [5.41, 5.74) is 1.05. The van der Waals surface area contributed by atoms with Crippen molar-refractivity contribution in [2.24, 2.45) is 0 Å². The lowest BCUT2D eigenvalue weighted by atomic mass is 9.74. The molecule has 0 radical (unpaired) electrons. The highest BCUT2D eigenvalue weighted by Crippen LogP contribution is 2.48. The van der Waals surface area contributed by atoms with Crippen molar-refractivity contribution in [3.8, 4) is 0 Å². The summed E-state index contributed by atoms with van der Waals surface area (Å²) < 4.78 is 62.6. The number of fused-ring (bicyclic) bond motifs is 1. The van der Waals surface area contributed by atoms with Crippen LogP contribution in [0.1, 0.15) is 74.8 Å². The predicted octanol–water partition coefficient (Wildman–Crippen LogP) is 6.13. The molecule has 1 aliphatic rings. The zero-order valence-corrected chi connectivity index (χ0v) is 28.2. The van der Waals surface area contributed by atoms with Crippen LogP contribution in [0, 0.1) is 0 Å². The molecular formula is C29H36Cl2N2O8S2. The van der Waals surface area contributed by atoms with Crippen molar-refractivity contribution in [1.82, 2.24) is 4.90 Å². The van der Waals surface area contributed by atoms with Crippen LogP contribution < -0.4 is 3.71 Å². The van der Waals surface area contributed by atoms with Crippen LogP contribution in [0.2, 0.25) is 10.0 Å². The van der Waals surface area contributed by atoms with Crippen LogP contribution in [0.25, 0.3) is 6.08 Å². The summed E-state index contributed by atoms with van der Waals surface area (Å²) in [5, 5.41) is 0.711. The molecule has 3 rings (SSSR count).